The van der Waals surface area contributed by atoms with E-state index in [2.05, 4.69) is 10.6 Å². The third-order valence-electron chi connectivity index (χ3n) is 3.39. The Morgan fingerprint density at radius 2 is 2.00 bits per heavy atom. The number of nitrogens with one attached hydrogen (secondary N) is 2. The molecule has 0 spiro atoms. The average molecular weight is 317 g/mol. The van der Waals surface area contributed by atoms with E-state index >= 15 is 0 Å². The largest absolute Gasteiger partial charge is 0.362 e. The molecule has 0 atom stereocenters. The van der Waals surface area contributed by atoms with E-state index in [1.54, 1.807) is 6.07 Å². The molecule has 2 nitrogen and oxygen atoms in total. The number of hydrogen-bond donors (Lipinski definition) is 2. The van der Waals surface area contributed by atoms with E-state index in [9.17, 15) is 0 Å². The highest BCUT2D eigenvalue weighted by Gasteiger charge is 2.15. The fourth-order valence-electron chi connectivity index (χ4n) is 2.34. The summed E-state index contributed by atoms with van der Waals surface area (Å²) in [5.74, 6) is 0. The van der Waals surface area contributed by atoms with Gasteiger partial charge in [0.2, 0.25) is 0 Å². The fourth-order valence-corrected chi connectivity index (χ4v) is 3.11. The van der Waals surface area contributed by atoms with Crippen LogP contribution in [-0.4, -0.2) is 17.7 Å². The van der Waals surface area contributed by atoms with E-state index in [0.717, 1.165) is 23.6 Å². The summed E-state index contributed by atoms with van der Waals surface area (Å²) >= 11 is 17.3. The van der Waals surface area contributed by atoms with Crippen LogP contribution in [0.2, 0.25) is 10.0 Å². The fraction of sp³-hybridized carbons (Fsp3) is 0.500. The van der Waals surface area contributed by atoms with Gasteiger partial charge in [0, 0.05) is 22.6 Å². The number of halogens is 2. The lowest BCUT2D eigenvalue weighted by atomic mass is 10.1. The molecule has 1 aliphatic carbocycles. The van der Waals surface area contributed by atoms with Gasteiger partial charge in [0.05, 0.1) is 0 Å². The lowest BCUT2D eigenvalue weighted by Crippen LogP contribution is -2.41. The Morgan fingerprint density at radius 1 is 1.26 bits per heavy atom. The van der Waals surface area contributed by atoms with Crippen LogP contribution in [0.1, 0.15) is 31.2 Å². The molecule has 1 aliphatic rings. The number of hydrogen-bond acceptors (Lipinski definition) is 1. The van der Waals surface area contributed by atoms with Gasteiger partial charge < -0.3 is 10.6 Å². The van der Waals surface area contributed by atoms with Crippen LogP contribution < -0.4 is 10.6 Å². The maximum absolute atomic E-state index is 6.12. The van der Waals surface area contributed by atoms with Gasteiger partial charge in [0.15, 0.2) is 5.11 Å². The van der Waals surface area contributed by atoms with Crippen molar-refractivity contribution in [3.05, 3.63) is 33.8 Å². The summed E-state index contributed by atoms with van der Waals surface area (Å²) in [6.45, 7) is 0.778. The summed E-state index contributed by atoms with van der Waals surface area (Å²) in [6.07, 6.45) is 5.90. The molecule has 1 saturated carbocycles. The highest BCUT2D eigenvalue weighted by molar-refractivity contribution is 7.80. The first kappa shape index (κ1) is 14.9. The average Bonchev–Trinajstić information content (AvgIpc) is 2.84. The molecule has 1 aromatic carbocycles. The highest BCUT2D eigenvalue weighted by atomic mass is 35.5. The van der Waals surface area contributed by atoms with Gasteiger partial charge in [0.25, 0.3) is 0 Å². The normalized spacial score (nSPS) is 15.5. The van der Waals surface area contributed by atoms with E-state index in [1.807, 2.05) is 12.1 Å². The molecule has 5 heteroatoms. The zero-order valence-electron chi connectivity index (χ0n) is 10.7. The number of rotatable bonds is 4. The molecule has 0 unspecified atom stereocenters. The maximum Gasteiger partial charge on any atom is 0.166 e. The lowest BCUT2D eigenvalue weighted by Gasteiger charge is -2.15. The molecule has 0 amide bonds. The van der Waals surface area contributed by atoms with Crippen LogP contribution in [0.15, 0.2) is 18.2 Å². The second-order valence-corrected chi connectivity index (χ2v) is 6.12. The molecule has 0 aromatic heterocycles. The van der Waals surface area contributed by atoms with Gasteiger partial charge in [-0.15, -0.1) is 0 Å². The molecule has 0 aliphatic heterocycles. The van der Waals surface area contributed by atoms with Crippen LogP contribution in [0.3, 0.4) is 0 Å². The zero-order valence-corrected chi connectivity index (χ0v) is 13.0. The van der Waals surface area contributed by atoms with Crippen LogP contribution in [0.25, 0.3) is 0 Å². The Bertz CT molecular complexity index is 445. The number of benzene rings is 1. The minimum Gasteiger partial charge on any atom is -0.362 e. The van der Waals surface area contributed by atoms with Gasteiger partial charge in [-0.2, -0.15) is 0 Å². The van der Waals surface area contributed by atoms with Gasteiger partial charge in [-0.05, 0) is 49.2 Å². The van der Waals surface area contributed by atoms with Gasteiger partial charge >= 0.3 is 0 Å². The van der Waals surface area contributed by atoms with Crippen LogP contribution in [-0.2, 0) is 6.42 Å². The van der Waals surface area contributed by atoms with Crippen molar-refractivity contribution in [3.63, 3.8) is 0 Å². The summed E-state index contributed by atoms with van der Waals surface area (Å²) in [5, 5.41) is 8.71. The van der Waals surface area contributed by atoms with Crippen LogP contribution >= 0.6 is 35.4 Å². The van der Waals surface area contributed by atoms with Crippen molar-refractivity contribution in [1.82, 2.24) is 10.6 Å². The Morgan fingerprint density at radius 3 is 2.68 bits per heavy atom. The first-order chi connectivity index (χ1) is 9.15. The molecule has 1 fully saturated rings. The summed E-state index contributed by atoms with van der Waals surface area (Å²) in [7, 11) is 0. The quantitative estimate of drug-likeness (QED) is 0.823. The second kappa shape index (κ2) is 7.32. The maximum atomic E-state index is 6.12. The van der Waals surface area contributed by atoms with Crippen molar-refractivity contribution in [2.24, 2.45) is 0 Å². The highest BCUT2D eigenvalue weighted by Crippen LogP contribution is 2.21. The van der Waals surface area contributed by atoms with E-state index < -0.39 is 0 Å². The molecule has 0 heterocycles. The second-order valence-electron chi connectivity index (χ2n) is 4.87. The minimum atomic E-state index is 0.555. The van der Waals surface area contributed by atoms with Crippen LogP contribution in [0, 0.1) is 0 Å². The van der Waals surface area contributed by atoms with Crippen molar-refractivity contribution < 1.29 is 0 Å². The summed E-state index contributed by atoms with van der Waals surface area (Å²) < 4.78 is 0. The van der Waals surface area contributed by atoms with Gasteiger partial charge in [-0.1, -0.05) is 42.1 Å². The molecular formula is C14H18Cl2N2S. The third kappa shape index (κ3) is 4.83. The Kier molecular flexibility index (Phi) is 5.74. The van der Waals surface area contributed by atoms with E-state index in [0.29, 0.717) is 16.1 Å². The summed E-state index contributed by atoms with van der Waals surface area (Å²) in [6, 6.07) is 6.14. The van der Waals surface area contributed by atoms with Crippen molar-refractivity contribution in [3.8, 4) is 0 Å². The first-order valence-electron chi connectivity index (χ1n) is 6.63. The minimum absolute atomic E-state index is 0.555. The predicted octanol–water partition coefficient (Wildman–Crippen LogP) is 3.94. The molecule has 2 rings (SSSR count). The van der Waals surface area contributed by atoms with Crippen molar-refractivity contribution >= 4 is 40.5 Å². The van der Waals surface area contributed by atoms with Crippen LogP contribution in [0.4, 0.5) is 0 Å². The van der Waals surface area contributed by atoms with Gasteiger partial charge in [-0.3, -0.25) is 0 Å². The molecule has 1 aromatic rings. The lowest BCUT2D eigenvalue weighted by molar-refractivity contribution is 0.621. The molecule has 0 saturated heterocycles. The Hall–Kier alpha value is -0.510. The standard InChI is InChI=1S/C14H18Cl2N2S/c15-11-6-5-10(13(16)9-11)7-8-17-14(19)18-12-3-1-2-4-12/h5-6,9,12H,1-4,7-8H2,(H2,17,18,19). The van der Waals surface area contributed by atoms with Gasteiger partial charge in [-0.25, -0.2) is 0 Å². The Labute approximate surface area is 129 Å². The van der Waals surface area contributed by atoms with E-state index in [-0.39, 0.29) is 0 Å². The van der Waals surface area contributed by atoms with Crippen LogP contribution in [0.5, 0.6) is 0 Å². The van der Waals surface area contributed by atoms with E-state index in [4.69, 9.17) is 35.4 Å². The molecular weight excluding hydrogens is 299 g/mol. The van der Waals surface area contributed by atoms with Crippen molar-refractivity contribution in [2.45, 2.75) is 38.1 Å². The van der Waals surface area contributed by atoms with Gasteiger partial charge in [0.1, 0.15) is 0 Å². The summed E-state index contributed by atoms with van der Waals surface area (Å²) in [5.41, 5.74) is 1.09. The SMILES string of the molecule is S=C(NCCc1ccc(Cl)cc1Cl)NC1CCCC1. The molecule has 19 heavy (non-hydrogen) atoms. The van der Waals surface area contributed by atoms with Crippen molar-refractivity contribution in [1.29, 1.82) is 0 Å². The monoisotopic (exact) mass is 316 g/mol. The predicted molar refractivity (Wildman–Crippen MR) is 86.2 cm³/mol. The molecule has 0 radical (unpaired) electrons. The molecule has 2 N–H and O–H groups in total. The number of thiocarbonyl (C=S) groups is 1. The molecule has 104 valence electrons. The molecule has 0 bridgehead atoms. The Balaban J connectivity index is 1.72. The smallest absolute Gasteiger partial charge is 0.166 e. The third-order valence-corrected chi connectivity index (χ3v) is 4.23. The zero-order chi connectivity index (χ0) is 13.7. The van der Waals surface area contributed by atoms with Crippen molar-refractivity contribution in [2.75, 3.05) is 6.54 Å². The van der Waals surface area contributed by atoms with E-state index in [1.165, 1.54) is 25.7 Å². The first-order valence-corrected chi connectivity index (χ1v) is 7.80. The summed E-state index contributed by atoms with van der Waals surface area (Å²) in [4.78, 5) is 0. The topological polar surface area (TPSA) is 24.1 Å².